The summed E-state index contributed by atoms with van der Waals surface area (Å²) < 4.78 is 0. The summed E-state index contributed by atoms with van der Waals surface area (Å²) in [6.45, 7) is 2.34. The Morgan fingerprint density at radius 1 is 1.19 bits per heavy atom. The van der Waals surface area contributed by atoms with E-state index in [1.54, 1.807) is 18.3 Å². The van der Waals surface area contributed by atoms with Crippen LogP contribution < -0.4 is 4.90 Å². The Balaban J connectivity index is 1.55. The number of anilines is 1. The minimum Gasteiger partial charge on any atom is -0.393 e. The van der Waals surface area contributed by atoms with Gasteiger partial charge in [0.25, 0.3) is 0 Å². The van der Waals surface area contributed by atoms with Crippen LogP contribution in [0.2, 0.25) is 0 Å². The zero-order valence-corrected chi connectivity index (χ0v) is 15.8. The molecule has 27 heavy (non-hydrogen) atoms. The lowest BCUT2D eigenvalue weighted by atomic mass is 9.72. The van der Waals surface area contributed by atoms with Crippen LogP contribution in [-0.4, -0.2) is 52.7 Å². The maximum atomic E-state index is 13.6. The van der Waals surface area contributed by atoms with E-state index >= 15 is 0 Å². The van der Waals surface area contributed by atoms with Crippen molar-refractivity contribution in [3.8, 4) is 6.07 Å². The highest BCUT2D eigenvalue weighted by Gasteiger charge is 2.48. The fourth-order valence-corrected chi connectivity index (χ4v) is 5.25. The van der Waals surface area contributed by atoms with Crippen molar-refractivity contribution >= 4 is 11.7 Å². The first-order chi connectivity index (χ1) is 13.1. The molecule has 1 amide bonds. The molecule has 0 bridgehead atoms. The fourth-order valence-electron chi connectivity index (χ4n) is 5.25. The summed E-state index contributed by atoms with van der Waals surface area (Å²) in [5, 5.41) is 19.2. The van der Waals surface area contributed by atoms with Gasteiger partial charge in [0.15, 0.2) is 0 Å². The van der Waals surface area contributed by atoms with Crippen LogP contribution in [0.3, 0.4) is 0 Å². The third kappa shape index (κ3) is 3.41. The lowest BCUT2D eigenvalue weighted by Crippen LogP contribution is -2.59. The number of nitrogens with zero attached hydrogens (tertiary/aromatic N) is 4. The average Bonchev–Trinajstić information content (AvgIpc) is 2.71. The Morgan fingerprint density at radius 2 is 1.93 bits per heavy atom. The first-order valence-electron chi connectivity index (χ1n) is 10.2. The summed E-state index contributed by atoms with van der Waals surface area (Å²) in [6.07, 6.45) is 8.76. The van der Waals surface area contributed by atoms with Crippen LogP contribution in [0.1, 0.15) is 56.9 Å². The Labute approximate surface area is 160 Å². The number of amides is 1. The van der Waals surface area contributed by atoms with Crippen LogP contribution in [0.4, 0.5) is 5.82 Å². The van der Waals surface area contributed by atoms with Crippen LogP contribution >= 0.6 is 0 Å². The summed E-state index contributed by atoms with van der Waals surface area (Å²) in [5.74, 6) is 0.999. The monoisotopic (exact) mass is 368 g/mol. The van der Waals surface area contributed by atoms with Crippen molar-refractivity contribution in [1.82, 2.24) is 9.88 Å². The van der Waals surface area contributed by atoms with Gasteiger partial charge in [-0.2, -0.15) is 5.26 Å². The molecule has 6 heteroatoms. The van der Waals surface area contributed by atoms with E-state index < -0.39 is 0 Å². The molecular formula is C21H28N4O2. The molecule has 3 fully saturated rings. The van der Waals surface area contributed by atoms with Crippen molar-refractivity contribution in [2.24, 2.45) is 5.41 Å². The van der Waals surface area contributed by atoms with E-state index in [1.165, 1.54) is 0 Å². The molecule has 1 spiro atoms. The predicted octanol–water partition coefficient (Wildman–Crippen LogP) is 2.47. The molecule has 1 aliphatic carbocycles. The van der Waals surface area contributed by atoms with Gasteiger partial charge in [-0.05, 0) is 63.5 Å². The van der Waals surface area contributed by atoms with E-state index in [0.717, 1.165) is 64.5 Å². The van der Waals surface area contributed by atoms with Crippen molar-refractivity contribution in [2.45, 2.75) is 63.5 Å². The molecular weight excluding hydrogens is 340 g/mol. The number of aliphatic hydroxyl groups excluding tert-OH is 1. The number of hydrogen-bond donors (Lipinski definition) is 1. The van der Waals surface area contributed by atoms with Crippen molar-refractivity contribution in [3.63, 3.8) is 0 Å². The molecule has 3 heterocycles. The van der Waals surface area contributed by atoms with E-state index in [0.29, 0.717) is 17.9 Å². The van der Waals surface area contributed by atoms with E-state index in [1.807, 2.05) is 0 Å². The SMILES string of the molecule is N#Cc1cccnc1N1CCCC2(CCCN([C@H]3CC[C@H](O)CC3)C2=O)C1. The molecule has 1 N–H and O–H groups in total. The van der Waals surface area contributed by atoms with Crippen LogP contribution in [0.25, 0.3) is 0 Å². The molecule has 4 rings (SSSR count). The highest BCUT2D eigenvalue weighted by molar-refractivity contribution is 5.85. The quantitative estimate of drug-likeness (QED) is 0.867. The Bertz CT molecular complexity index is 734. The van der Waals surface area contributed by atoms with Gasteiger partial charge in [0.2, 0.25) is 5.91 Å². The summed E-state index contributed by atoms with van der Waals surface area (Å²) in [6, 6.07) is 6.09. The number of carbonyl (C=O) groups excluding carboxylic acids is 1. The van der Waals surface area contributed by atoms with Gasteiger partial charge in [0, 0.05) is 31.9 Å². The number of piperidine rings is 2. The molecule has 0 radical (unpaired) electrons. The molecule has 0 aromatic carbocycles. The van der Waals surface area contributed by atoms with Gasteiger partial charge in [-0.15, -0.1) is 0 Å². The minimum absolute atomic E-state index is 0.200. The van der Waals surface area contributed by atoms with E-state index in [9.17, 15) is 15.2 Å². The molecule has 2 saturated heterocycles. The molecule has 1 aromatic rings. The van der Waals surface area contributed by atoms with E-state index in [2.05, 4.69) is 20.9 Å². The van der Waals surface area contributed by atoms with Gasteiger partial charge >= 0.3 is 0 Å². The summed E-state index contributed by atoms with van der Waals surface area (Å²) in [4.78, 5) is 22.3. The first-order valence-corrected chi connectivity index (χ1v) is 10.2. The van der Waals surface area contributed by atoms with Crippen LogP contribution in [0, 0.1) is 16.7 Å². The van der Waals surface area contributed by atoms with Crippen LogP contribution in [-0.2, 0) is 4.79 Å². The normalized spacial score (nSPS) is 31.8. The minimum atomic E-state index is -0.350. The number of rotatable bonds is 2. The predicted molar refractivity (Wildman–Crippen MR) is 102 cm³/mol. The fraction of sp³-hybridized carbons (Fsp3) is 0.667. The molecule has 1 atom stereocenters. The molecule has 1 unspecified atom stereocenters. The van der Waals surface area contributed by atoms with Gasteiger partial charge in [-0.3, -0.25) is 4.79 Å². The highest BCUT2D eigenvalue weighted by atomic mass is 16.3. The third-order valence-corrected chi connectivity index (χ3v) is 6.66. The lowest BCUT2D eigenvalue weighted by molar-refractivity contribution is -0.151. The van der Waals surface area contributed by atoms with Crippen molar-refractivity contribution in [2.75, 3.05) is 24.5 Å². The third-order valence-electron chi connectivity index (χ3n) is 6.66. The van der Waals surface area contributed by atoms with Gasteiger partial charge < -0.3 is 14.9 Å². The van der Waals surface area contributed by atoms with Gasteiger partial charge in [0.1, 0.15) is 11.9 Å². The molecule has 3 aliphatic rings. The van der Waals surface area contributed by atoms with Crippen LogP contribution in [0.5, 0.6) is 0 Å². The first kappa shape index (κ1) is 18.2. The zero-order chi connectivity index (χ0) is 18.9. The number of hydrogen-bond acceptors (Lipinski definition) is 5. The molecule has 2 aliphatic heterocycles. The summed E-state index contributed by atoms with van der Waals surface area (Å²) >= 11 is 0. The van der Waals surface area contributed by atoms with Crippen LogP contribution in [0.15, 0.2) is 18.3 Å². The van der Waals surface area contributed by atoms with E-state index in [-0.39, 0.29) is 23.5 Å². The number of pyridine rings is 1. The number of aromatic nitrogens is 1. The maximum Gasteiger partial charge on any atom is 0.230 e. The Kier molecular flexibility index (Phi) is 5.05. The molecule has 6 nitrogen and oxygen atoms in total. The summed E-state index contributed by atoms with van der Waals surface area (Å²) in [7, 11) is 0. The topological polar surface area (TPSA) is 80.5 Å². The van der Waals surface area contributed by atoms with Crippen molar-refractivity contribution in [1.29, 1.82) is 5.26 Å². The van der Waals surface area contributed by atoms with E-state index in [4.69, 9.17) is 0 Å². The largest absolute Gasteiger partial charge is 0.393 e. The molecule has 1 aromatic heterocycles. The van der Waals surface area contributed by atoms with Crippen molar-refractivity contribution < 1.29 is 9.90 Å². The number of likely N-dealkylation sites (tertiary alicyclic amines) is 1. The number of carbonyl (C=O) groups is 1. The second-order valence-electron chi connectivity index (χ2n) is 8.36. The Hall–Kier alpha value is -2.13. The Morgan fingerprint density at radius 3 is 2.67 bits per heavy atom. The maximum absolute atomic E-state index is 13.6. The number of nitriles is 1. The van der Waals surface area contributed by atoms with Gasteiger partial charge in [-0.25, -0.2) is 4.98 Å². The van der Waals surface area contributed by atoms with Gasteiger partial charge in [-0.1, -0.05) is 0 Å². The molecule has 1 saturated carbocycles. The zero-order valence-electron chi connectivity index (χ0n) is 15.8. The second kappa shape index (κ2) is 7.47. The average molecular weight is 368 g/mol. The van der Waals surface area contributed by atoms with Gasteiger partial charge in [0.05, 0.1) is 17.1 Å². The lowest BCUT2D eigenvalue weighted by Gasteiger charge is -2.50. The second-order valence-corrected chi connectivity index (χ2v) is 8.36. The van der Waals surface area contributed by atoms with Crippen molar-refractivity contribution in [3.05, 3.63) is 23.9 Å². The molecule has 144 valence electrons. The smallest absolute Gasteiger partial charge is 0.230 e. The highest BCUT2D eigenvalue weighted by Crippen LogP contribution is 2.42. The standard InChI is InChI=1S/C21H28N4O2/c22-14-16-4-1-11-23-19(16)24-12-2-9-21(15-24)10-3-13-25(20(21)27)17-5-7-18(26)8-6-17/h1,4,11,17-18,26H,2-3,5-10,12-13,15H2/t17-,18-,21?. The number of aliphatic hydroxyl groups is 1. The summed E-state index contributed by atoms with van der Waals surface area (Å²) in [5.41, 5.74) is 0.229.